The predicted octanol–water partition coefficient (Wildman–Crippen LogP) is 4.13. The fraction of sp³-hybridized carbons (Fsp3) is 0.167. The predicted molar refractivity (Wildman–Crippen MR) is 80.1 cm³/mol. The molecule has 2 rings (SSSR count). The molecule has 0 aliphatic heterocycles. The van der Waals surface area contributed by atoms with Gasteiger partial charge in [-0.15, -0.1) is 11.3 Å². The summed E-state index contributed by atoms with van der Waals surface area (Å²) in [5, 5.41) is 0. The number of hydrogen-bond donors (Lipinski definition) is 2. The van der Waals surface area contributed by atoms with Gasteiger partial charge in [0.15, 0.2) is 0 Å². The van der Waals surface area contributed by atoms with Crippen LogP contribution in [0.15, 0.2) is 37.9 Å². The third-order valence-corrected chi connectivity index (χ3v) is 5.05. The van der Waals surface area contributed by atoms with Crippen molar-refractivity contribution in [1.82, 2.24) is 5.43 Å². The number of benzene rings is 1. The van der Waals surface area contributed by atoms with Crippen molar-refractivity contribution in [1.29, 1.82) is 0 Å². The molecular formula is C12H12Br2N2S. The molecule has 0 amide bonds. The van der Waals surface area contributed by atoms with Crippen molar-refractivity contribution < 1.29 is 0 Å². The van der Waals surface area contributed by atoms with Gasteiger partial charge in [-0.1, -0.05) is 24.3 Å². The average Bonchev–Trinajstić information content (AvgIpc) is 2.62. The van der Waals surface area contributed by atoms with Crippen molar-refractivity contribution in [3.63, 3.8) is 0 Å². The number of nitrogens with one attached hydrogen (secondary N) is 1. The highest BCUT2D eigenvalue weighted by Gasteiger charge is 2.19. The molecule has 0 aliphatic rings. The highest BCUT2D eigenvalue weighted by Crippen LogP contribution is 2.38. The molecule has 0 bridgehead atoms. The Morgan fingerprint density at radius 3 is 2.47 bits per heavy atom. The molecule has 5 heteroatoms. The maximum Gasteiger partial charge on any atom is 0.0762 e. The van der Waals surface area contributed by atoms with E-state index < -0.39 is 0 Å². The normalized spacial score (nSPS) is 12.7. The molecule has 2 aromatic rings. The lowest BCUT2D eigenvalue weighted by molar-refractivity contribution is 0.633. The first kappa shape index (κ1) is 13.2. The first-order valence-corrected chi connectivity index (χ1v) is 7.50. The molecule has 0 aliphatic carbocycles. The fourth-order valence-electron chi connectivity index (χ4n) is 1.81. The number of nitrogens with two attached hydrogens (primary N) is 1. The van der Waals surface area contributed by atoms with Crippen LogP contribution in [0.25, 0.3) is 0 Å². The molecule has 1 aromatic carbocycles. The van der Waals surface area contributed by atoms with E-state index in [9.17, 15) is 0 Å². The van der Waals surface area contributed by atoms with Gasteiger partial charge >= 0.3 is 0 Å². The van der Waals surface area contributed by atoms with Crippen LogP contribution in [-0.2, 0) is 0 Å². The van der Waals surface area contributed by atoms with Crippen molar-refractivity contribution in [3.05, 3.63) is 54.6 Å². The largest absolute Gasteiger partial charge is 0.271 e. The lowest BCUT2D eigenvalue weighted by atomic mass is 9.97. The van der Waals surface area contributed by atoms with E-state index in [1.54, 1.807) is 11.3 Å². The van der Waals surface area contributed by atoms with Crippen LogP contribution in [0.3, 0.4) is 0 Å². The Labute approximate surface area is 121 Å². The minimum absolute atomic E-state index is 0.00752. The van der Waals surface area contributed by atoms with E-state index in [0.29, 0.717) is 0 Å². The van der Waals surface area contributed by atoms with Crippen molar-refractivity contribution >= 4 is 43.2 Å². The van der Waals surface area contributed by atoms with Crippen LogP contribution in [0.2, 0.25) is 0 Å². The lowest BCUT2D eigenvalue weighted by Gasteiger charge is -2.18. The summed E-state index contributed by atoms with van der Waals surface area (Å²) in [6.07, 6.45) is 0. The van der Waals surface area contributed by atoms with E-state index in [1.807, 2.05) is 12.1 Å². The number of thiophene rings is 1. The SMILES string of the molecule is Cc1ccccc1C(NN)c1cc(Br)sc1Br. The summed E-state index contributed by atoms with van der Waals surface area (Å²) < 4.78 is 2.18. The van der Waals surface area contributed by atoms with Gasteiger partial charge in [-0.05, 0) is 56.0 Å². The standard InChI is InChI=1S/C12H12Br2N2S/c1-7-4-2-3-5-8(7)11(16-15)9-6-10(13)17-12(9)14/h2-6,11,16H,15H2,1H3. The smallest absolute Gasteiger partial charge is 0.0762 e. The molecule has 17 heavy (non-hydrogen) atoms. The molecule has 0 fully saturated rings. The molecule has 0 saturated carbocycles. The Bertz CT molecular complexity index is 525. The van der Waals surface area contributed by atoms with E-state index in [-0.39, 0.29) is 6.04 Å². The Balaban J connectivity index is 2.47. The van der Waals surface area contributed by atoms with Crippen molar-refractivity contribution in [2.45, 2.75) is 13.0 Å². The van der Waals surface area contributed by atoms with Crippen LogP contribution in [0.5, 0.6) is 0 Å². The van der Waals surface area contributed by atoms with Gasteiger partial charge in [-0.25, -0.2) is 5.43 Å². The number of hydrogen-bond acceptors (Lipinski definition) is 3. The first-order valence-electron chi connectivity index (χ1n) is 5.10. The lowest BCUT2D eigenvalue weighted by Crippen LogP contribution is -2.29. The fourth-order valence-corrected chi connectivity index (χ4v) is 4.71. The molecule has 0 saturated heterocycles. The molecule has 1 heterocycles. The zero-order chi connectivity index (χ0) is 12.4. The second kappa shape index (κ2) is 5.63. The summed E-state index contributed by atoms with van der Waals surface area (Å²) >= 11 is 8.72. The van der Waals surface area contributed by atoms with Crippen LogP contribution in [-0.4, -0.2) is 0 Å². The van der Waals surface area contributed by atoms with Gasteiger partial charge in [0.1, 0.15) is 0 Å². The van der Waals surface area contributed by atoms with E-state index >= 15 is 0 Å². The number of halogens is 2. The average molecular weight is 376 g/mol. The van der Waals surface area contributed by atoms with Gasteiger partial charge in [0.2, 0.25) is 0 Å². The molecule has 1 unspecified atom stereocenters. The Kier molecular flexibility index (Phi) is 4.38. The Morgan fingerprint density at radius 2 is 1.94 bits per heavy atom. The first-order chi connectivity index (χ1) is 8.13. The van der Waals surface area contributed by atoms with Gasteiger partial charge in [-0.2, -0.15) is 0 Å². The second-order valence-corrected chi connectivity index (χ2v) is 7.49. The number of hydrazine groups is 1. The van der Waals surface area contributed by atoms with E-state index in [1.165, 1.54) is 11.1 Å². The molecule has 0 spiro atoms. The molecule has 3 N–H and O–H groups in total. The Hall–Kier alpha value is -0.200. The van der Waals surface area contributed by atoms with E-state index in [0.717, 1.165) is 13.1 Å². The highest BCUT2D eigenvalue weighted by atomic mass is 79.9. The highest BCUT2D eigenvalue weighted by molar-refractivity contribution is 9.12. The zero-order valence-corrected chi connectivity index (χ0v) is 13.2. The third kappa shape index (κ3) is 2.80. The van der Waals surface area contributed by atoms with E-state index in [2.05, 4.69) is 62.4 Å². The summed E-state index contributed by atoms with van der Waals surface area (Å²) in [5.41, 5.74) is 6.46. The maximum atomic E-state index is 5.70. The van der Waals surface area contributed by atoms with Crippen molar-refractivity contribution in [2.24, 2.45) is 5.84 Å². The van der Waals surface area contributed by atoms with Crippen LogP contribution < -0.4 is 11.3 Å². The molecule has 1 atom stereocenters. The Morgan fingerprint density at radius 1 is 1.24 bits per heavy atom. The molecule has 90 valence electrons. The minimum Gasteiger partial charge on any atom is -0.271 e. The van der Waals surface area contributed by atoms with Crippen LogP contribution in [0.1, 0.15) is 22.7 Å². The summed E-state index contributed by atoms with van der Waals surface area (Å²) in [6, 6.07) is 10.3. The monoisotopic (exact) mass is 374 g/mol. The summed E-state index contributed by atoms with van der Waals surface area (Å²) in [7, 11) is 0. The summed E-state index contributed by atoms with van der Waals surface area (Å²) in [5.74, 6) is 5.70. The van der Waals surface area contributed by atoms with E-state index in [4.69, 9.17) is 5.84 Å². The van der Waals surface area contributed by atoms with Crippen LogP contribution >= 0.6 is 43.2 Å². The summed E-state index contributed by atoms with van der Waals surface area (Å²) in [4.78, 5) is 0. The number of rotatable bonds is 3. The topological polar surface area (TPSA) is 38.0 Å². The molecule has 2 nitrogen and oxygen atoms in total. The third-order valence-electron chi connectivity index (χ3n) is 2.66. The summed E-state index contributed by atoms with van der Waals surface area (Å²) in [6.45, 7) is 2.09. The zero-order valence-electron chi connectivity index (χ0n) is 9.21. The van der Waals surface area contributed by atoms with Crippen LogP contribution in [0.4, 0.5) is 0 Å². The van der Waals surface area contributed by atoms with Gasteiger partial charge in [0.25, 0.3) is 0 Å². The van der Waals surface area contributed by atoms with Gasteiger partial charge in [0.05, 0.1) is 13.6 Å². The second-order valence-electron chi connectivity index (χ2n) is 3.74. The van der Waals surface area contributed by atoms with Gasteiger partial charge in [-0.3, -0.25) is 5.84 Å². The minimum atomic E-state index is 0.00752. The van der Waals surface area contributed by atoms with Crippen molar-refractivity contribution in [3.8, 4) is 0 Å². The quantitative estimate of drug-likeness (QED) is 0.625. The van der Waals surface area contributed by atoms with Crippen LogP contribution in [0, 0.1) is 6.92 Å². The van der Waals surface area contributed by atoms with Crippen molar-refractivity contribution in [2.75, 3.05) is 0 Å². The molecule has 0 radical (unpaired) electrons. The number of aryl methyl sites for hydroxylation is 1. The van der Waals surface area contributed by atoms with Gasteiger partial charge in [0, 0.05) is 5.56 Å². The van der Waals surface area contributed by atoms with Gasteiger partial charge < -0.3 is 0 Å². The maximum absolute atomic E-state index is 5.70. The molecular weight excluding hydrogens is 364 g/mol. The molecule has 1 aromatic heterocycles.